The molecule has 35 heavy (non-hydrogen) atoms. The van der Waals surface area contributed by atoms with E-state index in [1.54, 1.807) is 0 Å². The number of hydrogen-bond donors (Lipinski definition) is 0. The summed E-state index contributed by atoms with van der Waals surface area (Å²) < 4.78 is 22.7. The lowest BCUT2D eigenvalue weighted by molar-refractivity contribution is -0.191. The maximum Gasteiger partial charge on any atom is 0.343 e. The predicted molar refractivity (Wildman–Crippen MR) is 133 cm³/mol. The van der Waals surface area contributed by atoms with Crippen LogP contribution < -0.4 is 4.74 Å². The number of unbranched alkanes of at least 4 members (excludes halogenated alkanes) is 2. The van der Waals surface area contributed by atoms with Crippen LogP contribution in [0.3, 0.4) is 0 Å². The molecule has 2 unspecified atom stereocenters. The van der Waals surface area contributed by atoms with Crippen LogP contribution in [0.25, 0.3) is 0 Å². The Morgan fingerprint density at radius 2 is 2.03 bits per heavy atom. The fourth-order valence-corrected chi connectivity index (χ4v) is 6.22. The van der Waals surface area contributed by atoms with E-state index in [-0.39, 0.29) is 30.9 Å². The van der Waals surface area contributed by atoms with Gasteiger partial charge in [0.1, 0.15) is 11.5 Å². The Balaban J connectivity index is 1.38. The molecule has 0 N–H and O–H groups in total. The van der Waals surface area contributed by atoms with E-state index >= 15 is 0 Å². The van der Waals surface area contributed by atoms with Crippen LogP contribution >= 0.6 is 0 Å². The summed E-state index contributed by atoms with van der Waals surface area (Å²) in [6.45, 7) is 2.93. The third kappa shape index (κ3) is 6.85. The summed E-state index contributed by atoms with van der Waals surface area (Å²) in [5.74, 6) is 1.61. The summed E-state index contributed by atoms with van der Waals surface area (Å²) in [7, 11) is 1.36. The van der Waals surface area contributed by atoms with Crippen molar-refractivity contribution in [2.24, 2.45) is 17.8 Å². The van der Waals surface area contributed by atoms with Crippen LogP contribution in [-0.4, -0.2) is 44.5 Å². The van der Waals surface area contributed by atoms with Gasteiger partial charge in [-0.2, -0.15) is 0 Å². The van der Waals surface area contributed by atoms with Crippen molar-refractivity contribution < 1.29 is 28.5 Å². The number of esters is 1. The van der Waals surface area contributed by atoms with Crippen LogP contribution in [-0.2, 0) is 36.6 Å². The van der Waals surface area contributed by atoms with Crippen molar-refractivity contribution in [1.29, 1.82) is 0 Å². The molecule has 194 valence electrons. The maximum atomic E-state index is 13.1. The zero-order chi connectivity index (χ0) is 24.6. The lowest BCUT2D eigenvalue weighted by Crippen LogP contribution is -2.30. The number of benzene rings is 1. The highest BCUT2D eigenvalue weighted by molar-refractivity contribution is 5.84. The summed E-state index contributed by atoms with van der Waals surface area (Å²) in [6.07, 6.45) is 12.2. The molecule has 1 aliphatic heterocycles. The highest BCUT2D eigenvalue weighted by Crippen LogP contribution is 2.47. The zero-order valence-corrected chi connectivity index (χ0v) is 21.5. The third-order valence-corrected chi connectivity index (χ3v) is 8.14. The zero-order valence-electron chi connectivity index (χ0n) is 21.5. The number of fused-ring (bicyclic) bond motifs is 2. The lowest BCUT2D eigenvalue weighted by Gasteiger charge is -2.32. The van der Waals surface area contributed by atoms with Gasteiger partial charge in [0.05, 0.1) is 13.2 Å². The van der Waals surface area contributed by atoms with Gasteiger partial charge in [0.2, 0.25) is 0 Å². The van der Waals surface area contributed by atoms with Crippen LogP contribution in [0.5, 0.6) is 5.75 Å². The van der Waals surface area contributed by atoms with E-state index in [1.807, 2.05) is 12.1 Å². The molecule has 1 saturated carbocycles. The topological polar surface area (TPSA) is 71.1 Å². The summed E-state index contributed by atoms with van der Waals surface area (Å²) in [5.41, 5.74) is 2.40. The summed E-state index contributed by atoms with van der Waals surface area (Å²) in [5, 5.41) is 0. The smallest absolute Gasteiger partial charge is 0.343 e. The number of methoxy groups -OCH3 is 1. The predicted octanol–water partition coefficient (Wildman–Crippen LogP) is 5.43. The van der Waals surface area contributed by atoms with Crippen molar-refractivity contribution in [3.8, 4) is 5.75 Å². The Labute approximate surface area is 210 Å². The quantitative estimate of drug-likeness (QED) is 0.290. The molecule has 4 rings (SSSR count). The Morgan fingerprint density at radius 3 is 2.80 bits per heavy atom. The van der Waals surface area contributed by atoms with Crippen molar-refractivity contribution in [3.63, 3.8) is 0 Å². The third-order valence-electron chi connectivity index (χ3n) is 8.14. The molecule has 0 amide bonds. The first kappa shape index (κ1) is 26.2. The Morgan fingerprint density at radius 1 is 1.14 bits per heavy atom. The molecule has 3 aliphatic rings. The molecular weight excluding hydrogens is 444 g/mol. The highest BCUT2D eigenvalue weighted by atomic mass is 16.7. The lowest BCUT2D eigenvalue weighted by atomic mass is 9.73. The number of Topliss-reactive ketones (excluding diaryl/α,β-unsaturated/α-hetero) is 1. The molecule has 2 aliphatic carbocycles. The second-order valence-electron chi connectivity index (χ2n) is 10.5. The number of carbonyl (C=O) groups is 2. The Hall–Kier alpha value is -1.92. The van der Waals surface area contributed by atoms with E-state index in [0.717, 1.165) is 62.9 Å². The molecule has 0 radical (unpaired) electrons. The first-order valence-electron chi connectivity index (χ1n) is 13.7. The monoisotopic (exact) mass is 486 g/mol. The van der Waals surface area contributed by atoms with E-state index in [4.69, 9.17) is 18.9 Å². The van der Waals surface area contributed by atoms with Crippen molar-refractivity contribution in [1.82, 2.24) is 0 Å². The first-order valence-corrected chi connectivity index (χ1v) is 13.7. The van der Waals surface area contributed by atoms with Crippen LogP contribution in [0.4, 0.5) is 0 Å². The second-order valence-corrected chi connectivity index (χ2v) is 10.5. The van der Waals surface area contributed by atoms with Gasteiger partial charge in [0.25, 0.3) is 0 Å². The molecule has 0 bridgehead atoms. The van der Waals surface area contributed by atoms with Crippen molar-refractivity contribution >= 4 is 11.8 Å². The van der Waals surface area contributed by atoms with Crippen molar-refractivity contribution in [2.45, 2.75) is 96.4 Å². The van der Waals surface area contributed by atoms with Gasteiger partial charge in [0, 0.05) is 18.9 Å². The minimum atomic E-state index is -0.387. The van der Waals surface area contributed by atoms with E-state index in [1.165, 1.54) is 38.4 Å². The normalized spacial score (nSPS) is 26.6. The van der Waals surface area contributed by atoms with Crippen LogP contribution in [0.2, 0.25) is 0 Å². The number of ketones is 1. The maximum absolute atomic E-state index is 13.1. The van der Waals surface area contributed by atoms with Gasteiger partial charge in [-0.05, 0) is 80.4 Å². The SMILES string of the molecule is CCCCC[C@@H](CCC1C(=O)C[C@@H]2Cc3c(cccc3OCC(=O)OC)C[C@H]12)OC1CCCCO1. The molecule has 2 fully saturated rings. The summed E-state index contributed by atoms with van der Waals surface area (Å²) in [4.78, 5) is 24.7. The highest BCUT2D eigenvalue weighted by Gasteiger charge is 2.45. The molecule has 1 aromatic carbocycles. The number of rotatable bonds is 12. The first-order chi connectivity index (χ1) is 17.1. The minimum absolute atomic E-state index is 0.0765. The van der Waals surface area contributed by atoms with E-state index in [9.17, 15) is 9.59 Å². The second kappa shape index (κ2) is 12.9. The fraction of sp³-hybridized carbons (Fsp3) is 0.724. The summed E-state index contributed by atoms with van der Waals surface area (Å²) >= 11 is 0. The van der Waals surface area contributed by atoms with Gasteiger partial charge >= 0.3 is 5.97 Å². The average Bonchev–Trinajstić information content (AvgIpc) is 3.18. The molecule has 6 heteroatoms. The largest absolute Gasteiger partial charge is 0.482 e. The van der Waals surface area contributed by atoms with Crippen LogP contribution in [0.1, 0.15) is 82.3 Å². The van der Waals surface area contributed by atoms with Gasteiger partial charge < -0.3 is 18.9 Å². The van der Waals surface area contributed by atoms with Crippen LogP contribution in [0.15, 0.2) is 18.2 Å². The van der Waals surface area contributed by atoms with Gasteiger partial charge in [-0.1, -0.05) is 38.3 Å². The van der Waals surface area contributed by atoms with Crippen molar-refractivity contribution in [2.75, 3.05) is 20.3 Å². The van der Waals surface area contributed by atoms with Gasteiger partial charge in [0.15, 0.2) is 12.9 Å². The fourth-order valence-electron chi connectivity index (χ4n) is 6.22. The Bertz CT molecular complexity index is 846. The summed E-state index contributed by atoms with van der Waals surface area (Å²) in [6, 6.07) is 6.05. The Kier molecular flexibility index (Phi) is 9.61. The molecule has 1 aromatic rings. The minimum Gasteiger partial charge on any atom is -0.482 e. The van der Waals surface area contributed by atoms with Gasteiger partial charge in [-0.3, -0.25) is 4.79 Å². The van der Waals surface area contributed by atoms with Gasteiger partial charge in [-0.25, -0.2) is 4.79 Å². The van der Waals surface area contributed by atoms with Crippen LogP contribution in [0, 0.1) is 17.8 Å². The average molecular weight is 487 g/mol. The molecule has 1 heterocycles. The molecule has 6 nitrogen and oxygen atoms in total. The standard InChI is InChI=1S/C29H42O6/c1-3-4-5-10-22(35-29-12-6-7-15-33-29)13-14-23-24-16-20-9-8-11-27(34-19-28(31)32-2)25(20)17-21(24)18-26(23)30/h8-9,11,21-24,29H,3-7,10,12-19H2,1-2H3/t21-,22-,23?,24-,29?/m0/s1. The molecule has 0 spiro atoms. The number of ether oxygens (including phenoxy) is 4. The van der Waals surface area contributed by atoms with E-state index in [0.29, 0.717) is 24.0 Å². The van der Waals surface area contributed by atoms with E-state index < -0.39 is 0 Å². The number of carbonyl (C=O) groups excluding carboxylic acids is 2. The molecule has 0 aromatic heterocycles. The molecule has 1 saturated heterocycles. The van der Waals surface area contributed by atoms with Crippen molar-refractivity contribution in [3.05, 3.63) is 29.3 Å². The molecule has 5 atom stereocenters. The number of hydrogen-bond acceptors (Lipinski definition) is 6. The van der Waals surface area contributed by atoms with E-state index in [2.05, 4.69) is 13.0 Å². The van der Waals surface area contributed by atoms with Gasteiger partial charge in [-0.15, -0.1) is 0 Å². The molecular formula is C29H42O6.